The second-order valence-corrected chi connectivity index (χ2v) is 11.2. The zero-order valence-corrected chi connectivity index (χ0v) is 28.7. The number of fused-ring (bicyclic) bond motifs is 3. The van der Waals surface area contributed by atoms with Crippen LogP contribution in [-0.4, -0.2) is 82.0 Å². The Hall–Kier alpha value is -2.13. The molecule has 0 fully saturated rings. The molecule has 42 heavy (non-hydrogen) atoms. The first kappa shape index (κ1) is 39.9. The maximum absolute atomic E-state index is 8.61. The summed E-state index contributed by atoms with van der Waals surface area (Å²) in [5.74, 6) is 1.19. The van der Waals surface area contributed by atoms with Gasteiger partial charge < -0.3 is 35.8 Å². The normalized spacial score (nSPS) is 11.5. The van der Waals surface area contributed by atoms with Crippen LogP contribution in [0, 0.1) is 0 Å². The first-order valence-corrected chi connectivity index (χ1v) is 14.8. The Morgan fingerprint density at radius 1 is 1.07 bits per heavy atom. The van der Waals surface area contributed by atoms with Gasteiger partial charge in [0.25, 0.3) is 6.47 Å². The topological polar surface area (TPSA) is 128 Å². The van der Waals surface area contributed by atoms with Gasteiger partial charge in [0, 0.05) is 51.0 Å². The van der Waals surface area contributed by atoms with Crippen LogP contribution in [-0.2, 0) is 43.0 Å². The van der Waals surface area contributed by atoms with E-state index in [9.17, 15) is 0 Å². The first-order valence-electron chi connectivity index (χ1n) is 14.8. The molecule has 10 nitrogen and oxygen atoms in total. The van der Waals surface area contributed by atoms with Crippen LogP contribution >= 0.6 is 0 Å². The third kappa shape index (κ3) is 12.2. The van der Waals surface area contributed by atoms with Crippen LogP contribution in [0.1, 0.15) is 74.1 Å². The van der Waals surface area contributed by atoms with Crippen molar-refractivity contribution < 1.29 is 35.1 Å². The Labute approximate surface area is 266 Å². The average Bonchev–Trinajstić information content (AvgIpc) is 3.27. The van der Waals surface area contributed by atoms with Crippen molar-refractivity contribution in [3.8, 4) is 0 Å². The number of likely N-dealkylation sites (N-methyl/N-ethyl adjacent to an activating group) is 1. The van der Waals surface area contributed by atoms with E-state index in [4.69, 9.17) is 25.4 Å². The number of aromatic nitrogens is 3. The van der Waals surface area contributed by atoms with E-state index in [2.05, 4.69) is 72.7 Å². The Balaban J connectivity index is 0.00000263. The molecule has 0 aliphatic rings. The molecule has 0 radical (unpaired) electrons. The minimum Gasteiger partial charge on any atom is -0.483 e. The molecule has 0 spiro atoms. The third-order valence-electron chi connectivity index (χ3n) is 6.66. The van der Waals surface area contributed by atoms with Crippen LogP contribution in [0.3, 0.4) is 0 Å². The number of pyridine rings is 1. The molecule has 0 bridgehead atoms. The molecule has 0 aliphatic heterocycles. The predicted octanol–water partition coefficient (Wildman–Crippen LogP) is 6.00. The third-order valence-corrected chi connectivity index (χ3v) is 6.66. The van der Waals surface area contributed by atoms with Gasteiger partial charge in [0.2, 0.25) is 0 Å². The summed E-state index contributed by atoms with van der Waals surface area (Å²) in [6, 6.07) is 8.07. The number of hydrogen-bond donors (Lipinski definition) is 3. The average molecular weight is 679 g/mol. The maximum atomic E-state index is 8.61. The second-order valence-electron chi connectivity index (χ2n) is 11.2. The Morgan fingerprint density at radius 2 is 1.71 bits per heavy atom. The molecule has 0 saturated carbocycles. The fourth-order valence-electron chi connectivity index (χ4n) is 4.63. The van der Waals surface area contributed by atoms with E-state index < -0.39 is 0 Å². The van der Waals surface area contributed by atoms with Gasteiger partial charge in [-0.25, -0.2) is 4.98 Å². The van der Waals surface area contributed by atoms with E-state index in [0.29, 0.717) is 18.6 Å². The molecule has 0 aliphatic carbocycles. The fraction of sp³-hybridized carbons (Fsp3) is 0.645. The van der Waals surface area contributed by atoms with Gasteiger partial charge >= 0.3 is 0 Å². The van der Waals surface area contributed by atoms with Gasteiger partial charge in [-0.15, -0.1) is 0 Å². The van der Waals surface area contributed by atoms with Crippen LogP contribution in [0.4, 0.5) is 5.82 Å². The number of carboxylic acid groups (broad SMARTS) is 1. The summed E-state index contributed by atoms with van der Waals surface area (Å²) in [5, 5.41) is 14.5. The summed E-state index contributed by atoms with van der Waals surface area (Å²) in [5.41, 5.74) is 10.7. The van der Waals surface area contributed by atoms with Gasteiger partial charge in [-0.1, -0.05) is 45.0 Å². The van der Waals surface area contributed by atoms with Gasteiger partial charge in [0.05, 0.1) is 29.7 Å². The number of imidazole rings is 1. The van der Waals surface area contributed by atoms with Crippen molar-refractivity contribution in [2.45, 2.75) is 92.5 Å². The van der Waals surface area contributed by atoms with Gasteiger partial charge in [0.15, 0.2) is 0 Å². The number of benzene rings is 1. The van der Waals surface area contributed by atoms with Crippen molar-refractivity contribution >= 4 is 34.2 Å². The van der Waals surface area contributed by atoms with E-state index in [1.54, 1.807) is 0 Å². The van der Waals surface area contributed by atoms with Crippen molar-refractivity contribution in [3.63, 3.8) is 0 Å². The smallest absolute Gasteiger partial charge is 0.290 e. The molecule has 4 N–H and O–H groups in total. The first-order chi connectivity index (χ1) is 19.5. The molecule has 242 valence electrons. The molecular formula is C31H54N7O3Pd-. The number of carbonyl (C=O) groups is 1. The summed E-state index contributed by atoms with van der Waals surface area (Å²) in [4.78, 5) is 20.3. The van der Waals surface area contributed by atoms with E-state index in [1.807, 2.05) is 39.1 Å². The Morgan fingerprint density at radius 3 is 2.31 bits per heavy atom. The minimum atomic E-state index is -0.382. The zero-order valence-electron chi connectivity index (χ0n) is 27.1. The molecule has 1 aromatic carbocycles. The van der Waals surface area contributed by atoms with Crippen molar-refractivity contribution in [2.24, 2.45) is 0 Å². The molecule has 2 aromatic heterocycles. The van der Waals surface area contributed by atoms with Gasteiger partial charge in [-0.05, 0) is 78.9 Å². The predicted molar refractivity (Wildman–Crippen MR) is 171 cm³/mol. The molecule has 2 heterocycles. The van der Waals surface area contributed by atoms with E-state index in [1.165, 1.54) is 0 Å². The van der Waals surface area contributed by atoms with Crippen LogP contribution in [0.2, 0.25) is 0 Å². The standard InChI is InChI=1S/C28H46N7O.C2H6.CH2O2.Pd/c1-8-34(27(2,3)4)19-23-33-24-25(21-13-9-10-14-22(21)32-26(24)29)35(23)20-28(5,6)36-18-12-11-15-31-17-16-30-7;1-2;2-1-3;/h9-10,13-14,30-31H,8,11-12,15-20H2,1-7H3,(H-,29,32);1-2H3;1H,(H,2,3);/q-1;;;. The molecule has 3 rings (SSSR count). The summed E-state index contributed by atoms with van der Waals surface area (Å²) in [7, 11) is 1.97. The van der Waals surface area contributed by atoms with Gasteiger partial charge in [-0.2, -0.15) is 0 Å². The number of nitrogens with zero attached hydrogens (tertiary/aromatic N) is 4. The van der Waals surface area contributed by atoms with Crippen molar-refractivity contribution in [1.29, 1.82) is 0 Å². The quantitative estimate of drug-likeness (QED) is 0.108. The largest absolute Gasteiger partial charge is 0.483 e. The zero-order chi connectivity index (χ0) is 31.1. The van der Waals surface area contributed by atoms with E-state index in [0.717, 1.165) is 67.9 Å². The molecule has 0 atom stereocenters. The monoisotopic (exact) mass is 678 g/mol. The van der Waals surface area contributed by atoms with Crippen molar-refractivity contribution in [2.75, 3.05) is 39.8 Å². The summed E-state index contributed by atoms with van der Waals surface area (Å²) in [6.45, 7) is 22.9. The number of para-hydroxylation sites is 1. The Kier molecular flexibility index (Phi) is 18.9. The summed E-state index contributed by atoms with van der Waals surface area (Å²) >= 11 is 0. The molecule has 0 unspecified atom stereocenters. The molecule has 3 aromatic rings. The number of nitrogens with one attached hydrogen (secondary N) is 3. The van der Waals surface area contributed by atoms with E-state index in [-0.39, 0.29) is 43.9 Å². The van der Waals surface area contributed by atoms with Crippen molar-refractivity contribution in [3.05, 3.63) is 35.8 Å². The second kappa shape index (κ2) is 19.9. The van der Waals surface area contributed by atoms with Crippen LogP contribution < -0.4 is 10.6 Å². The maximum Gasteiger partial charge on any atom is 0.290 e. The summed E-state index contributed by atoms with van der Waals surface area (Å²) < 4.78 is 8.69. The number of rotatable bonds is 14. The molecular weight excluding hydrogens is 625 g/mol. The fourth-order valence-corrected chi connectivity index (χ4v) is 4.63. The van der Waals surface area contributed by atoms with Gasteiger partial charge in [-0.3, -0.25) is 9.69 Å². The van der Waals surface area contributed by atoms with Crippen molar-refractivity contribution in [1.82, 2.24) is 30.1 Å². The molecule has 11 heteroatoms. The molecule has 0 amide bonds. The van der Waals surface area contributed by atoms with E-state index >= 15 is 0 Å². The minimum absolute atomic E-state index is 0. The molecule has 0 saturated heterocycles. The summed E-state index contributed by atoms with van der Waals surface area (Å²) in [6.07, 6.45) is 2.11. The van der Waals surface area contributed by atoms with Crippen LogP contribution in [0.25, 0.3) is 27.7 Å². The SMILES string of the molecule is CC.CCN(Cc1nc2c([NH-])nc3ccccc3c2n1CC(C)(C)OCCCCNCCNC)C(C)(C)C.O=CO.[Pd]. The number of hydrogen-bond acceptors (Lipinski definition) is 7. The Bertz CT molecular complexity index is 1180. The van der Waals surface area contributed by atoms with Crippen LogP contribution in [0.5, 0.6) is 0 Å². The van der Waals surface area contributed by atoms with Gasteiger partial charge in [0.1, 0.15) is 5.82 Å². The number of ether oxygens (including phenoxy) is 1. The van der Waals surface area contributed by atoms with Crippen LogP contribution in [0.15, 0.2) is 24.3 Å². The number of unbranched alkanes of at least 4 members (excludes halogenated alkanes) is 1.